The SMILES string of the molecule is CC(=O)Nc1ccc(C(=O)OCC(=O)NCc2ccc(N(C)C)cc2)cc1. The number of nitrogens with one attached hydrogen (secondary N) is 2. The Hall–Kier alpha value is -3.35. The standard InChI is InChI=1S/C20H23N3O4/c1-14(24)22-17-8-6-16(7-9-17)20(26)27-13-19(25)21-12-15-4-10-18(11-5-15)23(2)3/h4-11H,12-13H2,1-3H3,(H,21,25)(H,22,24). The van der Waals surface area contributed by atoms with Crippen molar-refractivity contribution in [2.45, 2.75) is 13.5 Å². The van der Waals surface area contributed by atoms with Crippen molar-refractivity contribution in [2.24, 2.45) is 0 Å². The zero-order chi connectivity index (χ0) is 19.8. The minimum Gasteiger partial charge on any atom is -0.452 e. The molecule has 2 aromatic carbocycles. The van der Waals surface area contributed by atoms with Gasteiger partial charge in [0.05, 0.1) is 5.56 Å². The van der Waals surface area contributed by atoms with Crippen molar-refractivity contribution < 1.29 is 19.1 Å². The van der Waals surface area contributed by atoms with Gasteiger partial charge in [0.1, 0.15) is 0 Å². The summed E-state index contributed by atoms with van der Waals surface area (Å²) in [5, 5.41) is 5.31. The molecule has 2 N–H and O–H groups in total. The zero-order valence-corrected chi connectivity index (χ0v) is 15.6. The monoisotopic (exact) mass is 369 g/mol. The molecule has 2 amide bonds. The van der Waals surface area contributed by atoms with E-state index in [2.05, 4.69) is 10.6 Å². The smallest absolute Gasteiger partial charge is 0.338 e. The van der Waals surface area contributed by atoms with Gasteiger partial charge in [0.25, 0.3) is 5.91 Å². The predicted octanol–water partition coefficient (Wildman–Crippen LogP) is 2.18. The third-order valence-corrected chi connectivity index (χ3v) is 3.72. The molecule has 0 atom stereocenters. The van der Waals surface area contributed by atoms with Gasteiger partial charge in [-0.05, 0) is 42.0 Å². The first-order chi connectivity index (χ1) is 12.8. The van der Waals surface area contributed by atoms with Crippen LogP contribution >= 0.6 is 0 Å². The first-order valence-corrected chi connectivity index (χ1v) is 8.43. The number of carbonyl (C=O) groups is 3. The Morgan fingerprint density at radius 2 is 1.59 bits per heavy atom. The molecule has 0 unspecified atom stereocenters. The third-order valence-electron chi connectivity index (χ3n) is 3.72. The van der Waals surface area contributed by atoms with Gasteiger partial charge in [0.15, 0.2) is 6.61 Å². The van der Waals surface area contributed by atoms with Crippen molar-refractivity contribution in [3.05, 3.63) is 59.7 Å². The summed E-state index contributed by atoms with van der Waals surface area (Å²) in [7, 11) is 3.91. The lowest BCUT2D eigenvalue weighted by molar-refractivity contribution is -0.124. The van der Waals surface area contributed by atoms with E-state index < -0.39 is 5.97 Å². The highest BCUT2D eigenvalue weighted by Gasteiger charge is 2.10. The molecule has 0 aromatic heterocycles. The zero-order valence-electron chi connectivity index (χ0n) is 15.6. The average molecular weight is 369 g/mol. The van der Waals surface area contributed by atoms with E-state index in [1.165, 1.54) is 19.1 Å². The van der Waals surface area contributed by atoms with Gasteiger partial charge in [-0.1, -0.05) is 12.1 Å². The number of hydrogen-bond donors (Lipinski definition) is 2. The van der Waals surface area contributed by atoms with Crippen molar-refractivity contribution in [2.75, 3.05) is 30.9 Å². The quantitative estimate of drug-likeness (QED) is 0.731. The summed E-state index contributed by atoms with van der Waals surface area (Å²) < 4.78 is 5.00. The molecule has 0 saturated heterocycles. The molecule has 0 aliphatic rings. The lowest BCUT2D eigenvalue weighted by Crippen LogP contribution is -2.28. The summed E-state index contributed by atoms with van der Waals surface area (Å²) in [5.74, 6) is -1.18. The highest BCUT2D eigenvalue weighted by Crippen LogP contribution is 2.12. The van der Waals surface area contributed by atoms with Crippen LogP contribution in [0.1, 0.15) is 22.8 Å². The maximum Gasteiger partial charge on any atom is 0.338 e. The van der Waals surface area contributed by atoms with Crippen LogP contribution in [0.25, 0.3) is 0 Å². The maximum absolute atomic E-state index is 12.0. The lowest BCUT2D eigenvalue weighted by atomic mass is 10.2. The van der Waals surface area contributed by atoms with Crippen LogP contribution in [0.5, 0.6) is 0 Å². The molecule has 0 saturated carbocycles. The second kappa shape index (κ2) is 9.38. The summed E-state index contributed by atoms with van der Waals surface area (Å²) >= 11 is 0. The molecule has 0 heterocycles. The Morgan fingerprint density at radius 3 is 2.15 bits per heavy atom. The molecule has 2 aromatic rings. The Balaban J connectivity index is 1.77. The van der Waals surface area contributed by atoms with Crippen LogP contribution in [0.3, 0.4) is 0 Å². The number of esters is 1. The number of amides is 2. The van der Waals surface area contributed by atoms with E-state index in [1.54, 1.807) is 12.1 Å². The molecule has 0 fully saturated rings. The van der Waals surface area contributed by atoms with Gasteiger partial charge >= 0.3 is 5.97 Å². The number of hydrogen-bond acceptors (Lipinski definition) is 5. The summed E-state index contributed by atoms with van der Waals surface area (Å²) in [6.45, 7) is 1.40. The first kappa shape index (κ1) is 20.0. The minimum atomic E-state index is -0.602. The van der Waals surface area contributed by atoms with Gasteiger partial charge in [0, 0.05) is 38.9 Å². The second-order valence-corrected chi connectivity index (χ2v) is 6.17. The van der Waals surface area contributed by atoms with Crippen molar-refractivity contribution in [1.82, 2.24) is 5.32 Å². The van der Waals surface area contributed by atoms with E-state index in [4.69, 9.17) is 4.74 Å². The summed E-state index contributed by atoms with van der Waals surface area (Å²) in [5.41, 5.74) is 2.91. The van der Waals surface area contributed by atoms with Crippen LogP contribution in [0.4, 0.5) is 11.4 Å². The maximum atomic E-state index is 12.0. The van der Waals surface area contributed by atoms with Crippen molar-refractivity contribution >= 4 is 29.2 Å². The Labute approximate surface area is 158 Å². The van der Waals surface area contributed by atoms with Crippen LogP contribution < -0.4 is 15.5 Å². The second-order valence-electron chi connectivity index (χ2n) is 6.17. The molecular formula is C20H23N3O4. The molecular weight excluding hydrogens is 346 g/mol. The summed E-state index contributed by atoms with van der Waals surface area (Å²) in [6, 6.07) is 14.0. The van der Waals surface area contributed by atoms with Crippen LogP contribution in [-0.2, 0) is 20.9 Å². The van der Waals surface area contributed by atoms with Gasteiger partial charge in [-0.3, -0.25) is 9.59 Å². The molecule has 7 nitrogen and oxygen atoms in total. The highest BCUT2D eigenvalue weighted by atomic mass is 16.5. The van der Waals surface area contributed by atoms with Crippen LogP contribution in [0.2, 0.25) is 0 Å². The topological polar surface area (TPSA) is 87.7 Å². The Kier molecular flexibility index (Phi) is 6.93. The number of anilines is 2. The molecule has 27 heavy (non-hydrogen) atoms. The fraction of sp³-hybridized carbons (Fsp3) is 0.250. The van der Waals surface area contributed by atoms with Gasteiger partial charge in [-0.25, -0.2) is 4.79 Å². The van der Waals surface area contributed by atoms with Gasteiger partial charge in [0.2, 0.25) is 5.91 Å². The molecule has 142 valence electrons. The van der Waals surface area contributed by atoms with Crippen LogP contribution in [0, 0.1) is 0 Å². The fourth-order valence-electron chi connectivity index (χ4n) is 2.27. The number of carbonyl (C=O) groups excluding carboxylic acids is 3. The molecule has 0 aliphatic heterocycles. The minimum absolute atomic E-state index is 0.196. The molecule has 2 rings (SSSR count). The van der Waals surface area contributed by atoms with E-state index in [-0.39, 0.29) is 18.4 Å². The summed E-state index contributed by atoms with van der Waals surface area (Å²) in [4.78, 5) is 36.8. The van der Waals surface area contributed by atoms with Gasteiger partial charge in [-0.2, -0.15) is 0 Å². The van der Waals surface area contributed by atoms with Crippen molar-refractivity contribution in [3.8, 4) is 0 Å². The number of ether oxygens (including phenoxy) is 1. The summed E-state index contributed by atoms with van der Waals surface area (Å²) in [6.07, 6.45) is 0. The highest BCUT2D eigenvalue weighted by molar-refractivity contribution is 5.93. The Bertz CT molecular complexity index is 799. The third kappa shape index (κ3) is 6.47. The molecule has 0 radical (unpaired) electrons. The van der Waals surface area contributed by atoms with E-state index >= 15 is 0 Å². The van der Waals surface area contributed by atoms with Gasteiger partial charge in [-0.15, -0.1) is 0 Å². The predicted molar refractivity (Wildman–Crippen MR) is 104 cm³/mol. The van der Waals surface area contributed by atoms with E-state index in [9.17, 15) is 14.4 Å². The molecule has 0 bridgehead atoms. The van der Waals surface area contributed by atoms with Crippen LogP contribution in [-0.4, -0.2) is 38.5 Å². The largest absolute Gasteiger partial charge is 0.452 e. The molecule has 0 spiro atoms. The normalized spacial score (nSPS) is 10.0. The number of rotatable bonds is 7. The lowest BCUT2D eigenvalue weighted by Gasteiger charge is -2.13. The average Bonchev–Trinajstić information content (AvgIpc) is 2.65. The van der Waals surface area contributed by atoms with Crippen molar-refractivity contribution in [1.29, 1.82) is 0 Å². The molecule has 0 aliphatic carbocycles. The number of nitrogens with zero attached hydrogens (tertiary/aromatic N) is 1. The van der Waals surface area contributed by atoms with Crippen LogP contribution in [0.15, 0.2) is 48.5 Å². The van der Waals surface area contributed by atoms with Gasteiger partial charge < -0.3 is 20.3 Å². The first-order valence-electron chi connectivity index (χ1n) is 8.43. The van der Waals surface area contributed by atoms with E-state index in [0.717, 1.165) is 11.3 Å². The van der Waals surface area contributed by atoms with E-state index in [1.807, 2.05) is 43.3 Å². The fourth-order valence-corrected chi connectivity index (χ4v) is 2.27. The number of benzene rings is 2. The molecule has 7 heteroatoms. The Morgan fingerprint density at radius 1 is 0.963 bits per heavy atom. The van der Waals surface area contributed by atoms with E-state index in [0.29, 0.717) is 17.8 Å². The van der Waals surface area contributed by atoms with Crippen molar-refractivity contribution in [3.63, 3.8) is 0 Å².